The summed E-state index contributed by atoms with van der Waals surface area (Å²) in [6.45, 7) is 1.59. The maximum absolute atomic E-state index is 14.4. The average molecular weight is 403 g/mol. The largest absolute Gasteiger partial charge is 0.494 e. The van der Waals surface area contributed by atoms with Crippen LogP contribution in [0.3, 0.4) is 0 Å². The quantitative estimate of drug-likeness (QED) is 0.714. The highest BCUT2D eigenvalue weighted by molar-refractivity contribution is 5.81. The number of hydrogen-bond acceptors (Lipinski definition) is 6. The topological polar surface area (TPSA) is 88.1 Å². The molecule has 0 amide bonds. The van der Waals surface area contributed by atoms with Gasteiger partial charge in [0.05, 0.1) is 24.4 Å². The van der Waals surface area contributed by atoms with Crippen LogP contribution >= 0.6 is 0 Å². The van der Waals surface area contributed by atoms with Crippen molar-refractivity contribution in [2.24, 2.45) is 5.73 Å². The van der Waals surface area contributed by atoms with Crippen LogP contribution in [0, 0.1) is 17.1 Å². The Kier molecular flexibility index (Phi) is 5.59. The number of methoxy groups -OCH3 is 1. The third-order valence-electron chi connectivity index (χ3n) is 5.35. The zero-order valence-electron chi connectivity index (χ0n) is 16.7. The van der Waals surface area contributed by atoms with Crippen LogP contribution in [-0.2, 0) is 0 Å². The van der Waals surface area contributed by atoms with E-state index < -0.39 is 5.82 Å². The molecule has 1 aromatic heterocycles. The summed E-state index contributed by atoms with van der Waals surface area (Å²) in [5.74, 6) is 0.356. The van der Waals surface area contributed by atoms with E-state index >= 15 is 0 Å². The zero-order chi connectivity index (χ0) is 21.1. The molecule has 152 valence electrons. The monoisotopic (exact) mass is 403 g/mol. The minimum atomic E-state index is -0.449. The van der Waals surface area contributed by atoms with Gasteiger partial charge in [0, 0.05) is 36.5 Å². The lowest BCUT2D eigenvalue weighted by Gasteiger charge is -2.30. The summed E-state index contributed by atoms with van der Waals surface area (Å²) in [5.41, 5.74) is 9.46. The van der Waals surface area contributed by atoms with E-state index in [4.69, 9.17) is 20.7 Å². The zero-order valence-corrected chi connectivity index (χ0v) is 16.7. The molecule has 0 atom stereocenters. The normalized spacial score (nSPS) is 14.4. The lowest BCUT2D eigenvalue weighted by Crippen LogP contribution is -2.40. The fraction of sp³-hybridized carbons (Fsp3) is 0.261. The number of piperidine rings is 1. The van der Waals surface area contributed by atoms with Crippen LogP contribution in [0.15, 0.2) is 48.7 Å². The molecule has 4 rings (SSSR count). The van der Waals surface area contributed by atoms with Crippen molar-refractivity contribution in [2.75, 3.05) is 25.1 Å². The Hall–Kier alpha value is -3.50. The first kappa shape index (κ1) is 19.8. The van der Waals surface area contributed by atoms with Gasteiger partial charge in [0.1, 0.15) is 0 Å². The second-order valence-electron chi connectivity index (χ2n) is 7.30. The van der Waals surface area contributed by atoms with Gasteiger partial charge in [0.15, 0.2) is 11.6 Å². The van der Waals surface area contributed by atoms with Crippen molar-refractivity contribution in [1.82, 2.24) is 9.97 Å². The molecule has 0 radical (unpaired) electrons. The molecule has 2 N–H and O–H groups in total. The Bertz CT molecular complexity index is 1090. The fourth-order valence-corrected chi connectivity index (χ4v) is 3.59. The maximum Gasteiger partial charge on any atom is 0.225 e. The van der Waals surface area contributed by atoms with E-state index in [0.29, 0.717) is 28.3 Å². The second kappa shape index (κ2) is 8.47. The molecule has 3 aromatic rings. The average Bonchev–Trinajstić information content (AvgIpc) is 2.79. The SMILES string of the molecule is COc1ccc(-c2cnc(N3CCC(N)CC3)nc2-c2ccc(C#N)cc2)cc1F. The first-order chi connectivity index (χ1) is 14.6. The molecule has 0 bridgehead atoms. The number of halogens is 1. The first-order valence-electron chi connectivity index (χ1n) is 9.81. The molecule has 0 saturated carbocycles. The van der Waals surface area contributed by atoms with Gasteiger partial charge in [-0.15, -0.1) is 0 Å². The number of aromatic nitrogens is 2. The van der Waals surface area contributed by atoms with Crippen LogP contribution in [0.5, 0.6) is 5.75 Å². The smallest absolute Gasteiger partial charge is 0.225 e. The first-order valence-corrected chi connectivity index (χ1v) is 9.81. The van der Waals surface area contributed by atoms with E-state index in [9.17, 15) is 4.39 Å². The van der Waals surface area contributed by atoms with Gasteiger partial charge in [-0.3, -0.25) is 0 Å². The molecule has 0 spiro atoms. The van der Waals surface area contributed by atoms with Crippen LogP contribution < -0.4 is 15.4 Å². The van der Waals surface area contributed by atoms with E-state index in [1.807, 2.05) is 12.1 Å². The van der Waals surface area contributed by atoms with Crippen LogP contribution in [-0.4, -0.2) is 36.2 Å². The van der Waals surface area contributed by atoms with Gasteiger partial charge in [-0.1, -0.05) is 18.2 Å². The van der Waals surface area contributed by atoms with Gasteiger partial charge >= 0.3 is 0 Å². The van der Waals surface area contributed by atoms with Crippen LogP contribution in [0.1, 0.15) is 18.4 Å². The number of benzene rings is 2. The van der Waals surface area contributed by atoms with E-state index in [1.54, 1.807) is 30.5 Å². The van der Waals surface area contributed by atoms with Crippen LogP contribution in [0.25, 0.3) is 22.4 Å². The van der Waals surface area contributed by atoms with Crippen molar-refractivity contribution in [2.45, 2.75) is 18.9 Å². The molecule has 1 aliphatic rings. The van der Waals surface area contributed by atoms with Crippen molar-refractivity contribution in [3.05, 3.63) is 60.0 Å². The number of nitriles is 1. The molecule has 0 aliphatic carbocycles. The van der Waals surface area contributed by atoms with Gasteiger partial charge in [-0.05, 0) is 42.7 Å². The second-order valence-corrected chi connectivity index (χ2v) is 7.30. The number of nitrogens with zero attached hydrogens (tertiary/aromatic N) is 4. The lowest BCUT2D eigenvalue weighted by atomic mass is 9.99. The van der Waals surface area contributed by atoms with Crippen molar-refractivity contribution >= 4 is 5.95 Å². The third-order valence-corrected chi connectivity index (χ3v) is 5.35. The number of hydrogen-bond donors (Lipinski definition) is 1. The highest BCUT2D eigenvalue weighted by Crippen LogP contribution is 2.34. The van der Waals surface area contributed by atoms with Gasteiger partial charge in [-0.25, -0.2) is 14.4 Å². The van der Waals surface area contributed by atoms with Crippen LogP contribution in [0.4, 0.5) is 10.3 Å². The summed E-state index contributed by atoms with van der Waals surface area (Å²) in [7, 11) is 1.43. The summed E-state index contributed by atoms with van der Waals surface area (Å²) in [4.78, 5) is 11.5. The Morgan fingerprint density at radius 3 is 2.47 bits per heavy atom. The molecule has 7 heteroatoms. The van der Waals surface area contributed by atoms with E-state index in [0.717, 1.165) is 31.5 Å². The Morgan fingerprint density at radius 1 is 1.13 bits per heavy atom. The van der Waals surface area contributed by atoms with E-state index in [1.165, 1.54) is 13.2 Å². The summed E-state index contributed by atoms with van der Waals surface area (Å²) in [6.07, 6.45) is 3.51. The molecular formula is C23H22FN5O. The highest BCUT2D eigenvalue weighted by Gasteiger charge is 2.21. The van der Waals surface area contributed by atoms with Crippen molar-refractivity contribution in [3.63, 3.8) is 0 Å². The number of nitrogens with two attached hydrogens (primary N) is 1. The molecule has 1 fully saturated rings. The molecule has 2 aromatic carbocycles. The molecule has 1 aliphatic heterocycles. The molecule has 1 saturated heterocycles. The van der Waals surface area contributed by atoms with Gasteiger partial charge in [0.25, 0.3) is 0 Å². The fourth-order valence-electron chi connectivity index (χ4n) is 3.59. The minimum Gasteiger partial charge on any atom is -0.494 e. The van der Waals surface area contributed by atoms with Crippen LogP contribution in [0.2, 0.25) is 0 Å². The Morgan fingerprint density at radius 2 is 1.83 bits per heavy atom. The predicted octanol–water partition coefficient (Wildman–Crippen LogP) is 3.76. The van der Waals surface area contributed by atoms with Gasteiger partial charge in [0.2, 0.25) is 5.95 Å². The number of rotatable bonds is 4. The van der Waals surface area contributed by atoms with E-state index in [-0.39, 0.29) is 11.8 Å². The van der Waals surface area contributed by atoms with Crippen molar-refractivity contribution in [3.8, 4) is 34.2 Å². The summed E-state index contributed by atoms with van der Waals surface area (Å²) in [5, 5.41) is 9.10. The highest BCUT2D eigenvalue weighted by atomic mass is 19.1. The lowest BCUT2D eigenvalue weighted by molar-refractivity contribution is 0.386. The maximum atomic E-state index is 14.4. The van der Waals surface area contributed by atoms with Gasteiger partial charge < -0.3 is 15.4 Å². The Labute approximate surface area is 174 Å². The standard InChI is InChI=1S/C23H22FN5O/c1-30-21-7-6-17(12-20(21)24)19-14-27-23(29-10-8-18(26)9-11-29)28-22(19)16-4-2-15(13-25)3-5-16/h2-7,12,14,18H,8-11,26H2,1H3. The Balaban J connectivity index is 1.80. The summed E-state index contributed by atoms with van der Waals surface area (Å²) in [6, 6.07) is 14.3. The summed E-state index contributed by atoms with van der Waals surface area (Å²) >= 11 is 0. The molecular weight excluding hydrogens is 381 g/mol. The predicted molar refractivity (Wildman–Crippen MR) is 114 cm³/mol. The summed E-state index contributed by atoms with van der Waals surface area (Å²) < 4.78 is 19.4. The van der Waals surface area contributed by atoms with E-state index in [2.05, 4.69) is 16.0 Å². The molecule has 6 nitrogen and oxygen atoms in total. The van der Waals surface area contributed by atoms with Crippen molar-refractivity contribution < 1.29 is 9.13 Å². The number of ether oxygens (including phenoxy) is 1. The molecule has 0 unspecified atom stereocenters. The minimum absolute atomic E-state index is 0.181. The van der Waals surface area contributed by atoms with Crippen molar-refractivity contribution in [1.29, 1.82) is 5.26 Å². The van der Waals surface area contributed by atoms with Gasteiger partial charge in [-0.2, -0.15) is 5.26 Å². The molecule has 2 heterocycles. The molecule has 30 heavy (non-hydrogen) atoms. The third kappa shape index (κ3) is 3.95. The number of anilines is 1.